The fourth-order valence-corrected chi connectivity index (χ4v) is 4.37. The molecule has 2 saturated carbocycles. The van der Waals surface area contributed by atoms with Crippen LogP contribution in [0.25, 0.3) is 0 Å². The third-order valence-electron chi connectivity index (χ3n) is 5.89. The Morgan fingerprint density at radius 3 is 2.35 bits per heavy atom. The molecule has 0 bridgehead atoms. The maximum absolute atomic E-state index is 10.4. The van der Waals surface area contributed by atoms with E-state index in [4.69, 9.17) is 0 Å². The highest BCUT2D eigenvalue weighted by Crippen LogP contribution is 2.35. The maximum atomic E-state index is 10.4. The zero-order chi connectivity index (χ0) is 14.5. The average Bonchev–Trinajstić information content (AvgIpc) is 2.47. The zero-order valence-corrected chi connectivity index (χ0v) is 13.9. The van der Waals surface area contributed by atoms with Crippen LogP contribution in [0.4, 0.5) is 0 Å². The van der Waals surface area contributed by atoms with E-state index >= 15 is 0 Å². The normalized spacial score (nSPS) is 33.0. The summed E-state index contributed by atoms with van der Waals surface area (Å²) in [5, 5.41) is 10.4. The van der Waals surface area contributed by atoms with Gasteiger partial charge in [-0.15, -0.1) is 0 Å². The molecule has 1 N–H and O–H groups in total. The minimum atomic E-state index is -0.0531. The van der Waals surface area contributed by atoms with Gasteiger partial charge in [0.1, 0.15) is 0 Å². The van der Waals surface area contributed by atoms with Crippen LogP contribution in [0.2, 0.25) is 0 Å². The predicted octanol–water partition coefficient (Wildman–Crippen LogP) is 4.07. The highest BCUT2D eigenvalue weighted by atomic mass is 16.3. The maximum Gasteiger partial charge on any atom is 0.0580 e. The van der Waals surface area contributed by atoms with E-state index in [0.29, 0.717) is 5.92 Å². The second-order valence-corrected chi connectivity index (χ2v) is 7.52. The molecule has 2 aliphatic carbocycles. The monoisotopic (exact) mass is 281 g/mol. The van der Waals surface area contributed by atoms with Gasteiger partial charge in [-0.25, -0.2) is 0 Å². The second-order valence-electron chi connectivity index (χ2n) is 7.52. The van der Waals surface area contributed by atoms with E-state index in [0.717, 1.165) is 37.4 Å². The van der Waals surface area contributed by atoms with Crippen molar-refractivity contribution in [2.45, 2.75) is 84.3 Å². The first-order chi connectivity index (χ1) is 9.61. The quantitative estimate of drug-likeness (QED) is 0.821. The molecule has 0 spiro atoms. The van der Waals surface area contributed by atoms with E-state index in [2.05, 4.69) is 25.7 Å². The number of rotatable bonds is 5. The summed E-state index contributed by atoms with van der Waals surface area (Å²) in [5.41, 5.74) is 0. The van der Waals surface area contributed by atoms with Crippen LogP contribution in [0.1, 0.15) is 72.1 Å². The lowest BCUT2D eigenvalue weighted by atomic mass is 9.74. The topological polar surface area (TPSA) is 23.5 Å². The van der Waals surface area contributed by atoms with Crippen molar-refractivity contribution in [2.24, 2.45) is 17.8 Å². The molecule has 2 heteroatoms. The second kappa shape index (κ2) is 7.79. The van der Waals surface area contributed by atoms with Crippen molar-refractivity contribution >= 4 is 0 Å². The summed E-state index contributed by atoms with van der Waals surface area (Å²) >= 11 is 0. The largest absolute Gasteiger partial charge is 0.393 e. The van der Waals surface area contributed by atoms with E-state index in [9.17, 15) is 5.11 Å². The molecule has 0 saturated heterocycles. The fraction of sp³-hybridized carbons (Fsp3) is 1.00. The Labute approximate surface area is 125 Å². The smallest absolute Gasteiger partial charge is 0.0580 e. The van der Waals surface area contributed by atoms with Gasteiger partial charge in [0.2, 0.25) is 0 Å². The molecule has 0 aromatic rings. The molecule has 0 heterocycles. The molecule has 2 nitrogen and oxygen atoms in total. The number of aliphatic hydroxyl groups is 1. The van der Waals surface area contributed by atoms with Crippen molar-refractivity contribution in [3.05, 3.63) is 0 Å². The molecule has 2 rings (SSSR count). The van der Waals surface area contributed by atoms with Crippen molar-refractivity contribution in [3.8, 4) is 0 Å². The Morgan fingerprint density at radius 2 is 1.75 bits per heavy atom. The molecule has 3 unspecified atom stereocenters. The van der Waals surface area contributed by atoms with Crippen LogP contribution in [-0.2, 0) is 0 Å². The van der Waals surface area contributed by atoms with Gasteiger partial charge < -0.3 is 10.0 Å². The van der Waals surface area contributed by atoms with E-state index in [1.807, 2.05) is 0 Å². The van der Waals surface area contributed by atoms with E-state index in [-0.39, 0.29) is 6.10 Å². The standard InChI is InChI=1S/C18H35NO/c1-4-19(17-8-6-5-7-9-17)13-16-12-15(14(2)3)10-11-18(16)20/h14-18,20H,4-13H2,1-3H3. The SMILES string of the molecule is CCN(CC1CC(C(C)C)CCC1O)C1CCCCC1. The van der Waals surface area contributed by atoms with E-state index in [1.165, 1.54) is 44.9 Å². The predicted molar refractivity (Wildman–Crippen MR) is 85.8 cm³/mol. The summed E-state index contributed by atoms with van der Waals surface area (Å²) < 4.78 is 0. The Bertz CT molecular complexity index is 273. The summed E-state index contributed by atoms with van der Waals surface area (Å²) in [5.74, 6) is 2.11. The van der Waals surface area contributed by atoms with Crippen molar-refractivity contribution in [1.29, 1.82) is 0 Å². The molecule has 0 aromatic carbocycles. The Hall–Kier alpha value is -0.0800. The lowest BCUT2D eigenvalue weighted by Crippen LogP contribution is -2.44. The average molecular weight is 281 g/mol. The van der Waals surface area contributed by atoms with Crippen LogP contribution in [-0.4, -0.2) is 35.2 Å². The summed E-state index contributed by atoms with van der Waals surface area (Å²) in [6.07, 6.45) is 10.4. The third kappa shape index (κ3) is 4.21. The molecular weight excluding hydrogens is 246 g/mol. The molecule has 0 amide bonds. The summed E-state index contributed by atoms with van der Waals surface area (Å²) in [6, 6.07) is 0.792. The van der Waals surface area contributed by atoms with Gasteiger partial charge >= 0.3 is 0 Å². The third-order valence-corrected chi connectivity index (χ3v) is 5.89. The highest BCUT2D eigenvalue weighted by molar-refractivity contribution is 4.85. The molecule has 2 fully saturated rings. The molecule has 0 radical (unpaired) electrons. The van der Waals surface area contributed by atoms with Crippen molar-refractivity contribution in [2.75, 3.05) is 13.1 Å². The summed E-state index contributed by atoms with van der Waals surface area (Å²) in [4.78, 5) is 2.68. The van der Waals surface area contributed by atoms with Crippen LogP contribution in [0, 0.1) is 17.8 Å². The first kappa shape index (κ1) is 16.3. The Balaban J connectivity index is 1.90. The number of aliphatic hydroxyl groups excluding tert-OH is 1. The van der Waals surface area contributed by atoms with Crippen LogP contribution >= 0.6 is 0 Å². The van der Waals surface area contributed by atoms with Crippen molar-refractivity contribution in [1.82, 2.24) is 4.90 Å². The molecule has 3 atom stereocenters. The van der Waals surface area contributed by atoms with Gasteiger partial charge in [0.25, 0.3) is 0 Å². The first-order valence-electron chi connectivity index (χ1n) is 9.04. The van der Waals surface area contributed by atoms with Crippen LogP contribution in [0.15, 0.2) is 0 Å². The summed E-state index contributed by atoms with van der Waals surface area (Å²) in [7, 11) is 0. The van der Waals surface area contributed by atoms with Crippen molar-refractivity contribution in [3.63, 3.8) is 0 Å². The number of nitrogens with zero attached hydrogens (tertiary/aromatic N) is 1. The highest BCUT2D eigenvalue weighted by Gasteiger charge is 2.33. The number of hydrogen-bond donors (Lipinski definition) is 1. The molecule has 118 valence electrons. The fourth-order valence-electron chi connectivity index (χ4n) is 4.37. The van der Waals surface area contributed by atoms with Crippen molar-refractivity contribution < 1.29 is 5.11 Å². The Morgan fingerprint density at radius 1 is 1.05 bits per heavy atom. The first-order valence-corrected chi connectivity index (χ1v) is 9.04. The molecule has 0 aromatic heterocycles. The van der Waals surface area contributed by atoms with Crippen LogP contribution < -0.4 is 0 Å². The molecular formula is C18H35NO. The van der Waals surface area contributed by atoms with E-state index < -0.39 is 0 Å². The van der Waals surface area contributed by atoms with Gasteiger partial charge in [0.05, 0.1) is 6.10 Å². The van der Waals surface area contributed by atoms with Gasteiger partial charge in [0.15, 0.2) is 0 Å². The minimum Gasteiger partial charge on any atom is -0.393 e. The summed E-state index contributed by atoms with van der Waals surface area (Å²) in [6.45, 7) is 9.27. The van der Waals surface area contributed by atoms with Gasteiger partial charge in [-0.05, 0) is 56.4 Å². The lowest BCUT2D eigenvalue weighted by Gasteiger charge is -2.41. The lowest BCUT2D eigenvalue weighted by molar-refractivity contribution is 0.00819. The molecule has 0 aliphatic heterocycles. The molecule has 20 heavy (non-hydrogen) atoms. The Kier molecular flexibility index (Phi) is 6.35. The van der Waals surface area contributed by atoms with Gasteiger partial charge in [0, 0.05) is 12.6 Å². The minimum absolute atomic E-state index is 0.0531. The van der Waals surface area contributed by atoms with Gasteiger partial charge in [-0.1, -0.05) is 40.0 Å². The van der Waals surface area contributed by atoms with E-state index in [1.54, 1.807) is 0 Å². The van der Waals surface area contributed by atoms with Gasteiger partial charge in [-0.2, -0.15) is 0 Å². The zero-order valence-electron chi connectivity index (χ0n) is 13.9. The number of hydrogen-bond acceptors (Lipinski definition) is 2. The van der Waals surface area contributed by atoms with Crippen LogP contribution in [0.3, 0.4) is 0 Å². The molecule has 2 aliphatic rings. The van der Waals surface area contributed by atoms with Gasteiger partial charge in [-0.3, -0.25) is 0 Å². The van der Waals surface area contributed by atoms with Crippen LogP contribution in [0.5, 0.6) is 0 Å².